The van der Waals surface area contributed by atoms with E-state index in [4.69, 9.17) is 5.11 Å². The van der Waals surface area contributed by atoms with E-state index >= 15 is 0 Å². The molecule has 0 bridgehead atoms. The number of hydrogen-bond acceptors (Lipinski definition) is 5. The van der Waals surface area contributed by atoms with Crippen LogP contribution < -0.4 is 5.32 Å². The van der Waals surface area contributed by atoms with Gasteiger partial charge in [0.15, 0.2) is 0 Å². The molecular weight excluding hydrogens is 313 g/mol. The van der Waals surface area contributed by atoms with E-state index in [1.54, 1.807) is 0 Å². The smallest absolute Gasteiger partial charge is 0.475 e. The Morgan fingerprint density at radius 1 is 1.21 bits per heavy atom. The maximum atomic E-state index is 12.3. The van der Waals surface area contributed by atoms with E-state index in [1.165, 1.54) is 18.2 Å². The van der Waals surface area contributed by atoms with E-state index in [2.05, 4.69) is 5.32 Å². The second-order valence-electron chi connectivity index (χ2n) is 6.19. The first-order chi connectivity index (χ1) is 11.4. The molecule has 7 nitrogen and oxygen atoms in total. The first-order valence-electron chi connectivity index (χ1n) is 8.10. The van der Waals surface area contributed by atoms with Gasteiger partial charge in [-0.15, -0.1) is 0 Å². The van der Waals surface area contributed by atoms with Gasteiger partial charge in [-0.3, -0.25) is 4.79 Å². The molecule has 0 aliphatic heterocycles. The molecule has 0 radical (unpaired) electrons. The molecule has 1 saturated carbocycles. The number of para-hydroxylation sites is 1. The van der Waals surface area contributed by atoms with Gasteiger partial charge >= 0.3 is 13.1 Å². The van der Waals surface area contributed by atoms with E-state index in [-0.39, 0.29) is 29.4 Å². The Morgan fingerprint density at radius 3 is 2.46 bits per heavy atom. The highest BCUT2D eigenvalue weighted by Gasteiger charge is 2.30. The molecule has 0 heterocycles. The van der Waals surface area contributed by atoms with Crippen molar-refractivity contribution >= 4 is 19.0 Å². The highest BCUT2D eigenvalue weighted by molar-refractivity contribution is 6.43. The van der Waals surface area contributed by atoms with E-state index in [0.717, 1.165) is 32.1 Å². The van der Waals surface area contributed by atoms with Crippen LogP contribution in [0.5, 0.6) is 5.75 Å². The SMILES string of the molecule is O=C(O)c1cccc(C[C@H](NC(=O)C2CCCCC2)B(O)O)c1O. The van der Waals surface area contributed by atoms with Crippen molar-refractivity contribution in [1.29, 1.82) is 0 Å². The Hall–Kier alpha value is -2.06. The van der Waals surface area contributed by atoms with Crippen molar-refractivity contribution in [2.75, 3.05) is 0 Å². The highest BCUT2D eigenvalue weighted by Crippen LogP contribution is 2.26. The number of phenols is 1. The van der Waals surface area contributed by atoms with Crippen LogP contribution >= 0.6 is 0 Å². The Kier molecular flexibility index (Phi) is 6.22. The molecule has 0 aromatic heterocycles. The Labute approximate surface area is 140 Å². The normalized spacial score (nSPS) is 16.4. The van der Waals surface area contributed by atoms with Crippen molar-refractivity contribution in [3.63, 3.8) is 0 Å². The molecule has 2 rings (SSSR count). The molecule has 24 heavy (non-hydrogen) atoms. The molecule has 1 aromatic rings. The summed E-state index contributed by atoms with van der Waals surface area (Å²) < 4.78 is 0. The van der Waals surface area contributed by atoms with Gasteiger partial charge in [0.2, 0.25) is 5.91 Å². The fraction of sp³-hybridized carbons (Fsp3) is 0.500. The third-order valence-corrected chi connectivity index (χ3v) is 4.45. The number of rotatable bonds is 6. The standard InChI is InChI=1S/C16H22BNO6/c19-14-11(7-4-8-12(14)16(21)22)9-13(17(23)24)18-15(20)10-5-2-1-3-6-10/h4,7-8,10,13,19,23-24H,1-3,5-6,9H2,(H,18,20)(H,21,22)/t13-/m0/s1. The third-order valence-electron chi connectivity index (χ3n) is 4.45. The number of carboxylic acid groups (broad SMARTS) is 1. The fourth-order valence-corrected chi connectivity index (χ4v) is 3.06. The minimum absolute atomic E-state index is 0.0803. The highest BCUT2D eigenvalue weighted by atomic mass is 16.4. The lowest BCUT2D eigenvalue weighted by molar-refractivity contribution is -0.126. The summed E-state index contributed by atoms with van der Waals surface area (Å²) in [5.41, 5.74) is -0.0331. The van der Waals surface area contributed by atoms with Crippen molar-refractivity contribution in [2.24, 2.45) is 5.92 Å². The van der Waals surface area contributed by atoms with Crippen LogP contribution in [-0.4, -0.2) is 45.2 Å². The Morgan fingerprint density at radius 2 is 1.88 bits per heavy atom. The van der Waals surface area contributed by atoms with Crippen LogP contribution in [0.1, 0.15) is 48.0 Å². The molecule has 5 N–H and O–H groups in total. The number of aromatic hydroxyl groups is 1. The van der Waals surface area contributed by atoms with E-state index < -0.39 is 24.8 Å². The third kappa shape index (κ3) is 4.49. The van der Waals surface area contributed by atoms with Gasteiger partial charge < -0.3 is 25.6 Å². The van der Waals surface area contributed by atoms with Crippen LogP contribution in [0.2, 0.25) is 0 Å². The summed E-state index contributed by atoms with van der Waals surface area (Å²) in [6.45, 7) is 0. The maximum Gasteiger partial charge on any atom is 0.475 e. The van der Waals surface area contributed by atoms with Crippen LogP contribution in [0.25, 0.3) is 0 Å². The topological polar surface area (TPSA) is 127 Å². The number of amides is 1. The average Bonchev–Trinajstić information content (AvgIpc) is 2.56. The molecule has 1 amide bonds. The Bertz CT molecular complexity index is 600. The van der Waals surface area contributed by atoms with Crippen LogP contribution in [0.15, 0.2) is 18.2 Å². The van der Waals surface area contributed by atoms with Crippen molar-refractivity contribution in [2.45, 2.75) is 44.5 Å². The fourth-order valence-electron chi connectivity index (χ4n) is 3.06. The zero-order valence-corrected chi connectivity index (χ0v) is 13.3. The van der Waals surface area contributed by atoms with E-state index in [1.807, 2.05) is 0 Å². The summed E-state index contributed by atoms with van der Waals surface area (Å²) >= 11 is 0. The van der Waals surface area contributed by atoms with Crippen LogP contribution in [0.4, 0.5) is 0 Å². The predicted molar refractivity (Wildman–Crippen MR) is 87.5 cm³/mol. The zero-order valence-electron chi connectivity index (χ0n) is 13.3. The molecule has 0 unspecified atom stereocenters. The maximum absolute atomic E-state index is 12.3. The molecule has 1 fully saturated rings. The van der Waals surface area contributed by atoms with Gasteiger partial charge in [0.05, 0.1) is 5.94 Å². The molecule has 0 spiro atoms. The first-order valence-corrected chi connectivity index (χ1v) is 8.10. The molecule has 0 saturated heterocycles. The molecule has 1 aromatic carbocycles. The van der Waals surface area contributed by atoms with Crippen LogP contribution in [0.3, 0.4) is 0 Å². The average molecular weight is 335 g/mol. The monoisotopic (exact) mass is 335 g/mol. The number of carbonyl (C=O) groups excluding carboxylic acids is 1. The van der Waals surface area contributed by atoms with Crippen molar-refractivity contribution in [3.8, 4) is 5.75 Å². The van der Waals surface area contributed by atoms with Crippen molar-refractivity contribution < 1.29 is 29.9 Å². The second-order valence-corrected chi connectivity index (χ2v) is 6.19. The number of aromatic carboxylic acids is 1. The summed E-state index contributed by atoms with van der Waals surface area (Å²) in [4.78, 5) is 23.3. The van der Waals surface area contributed by atoms with Gasteiger partial charge in [0.1, 0.15) is 11.3 Å². The molecule has 1 aliphatic rings. The minimum atomic E-state index is -1.81. The first kappa shape index (κ1) is 18.3. The number of carboxylic acids is 1. The number of nitrogens with one attached hydrogen (secondary N) is 1. The number of benzene rings is 1. The van der Waals surface area contributed by atoms with Crippen LogP contribution in [-0.2, 0) is 11.2 Å². The summed E-state index contributed by atoms with van der Waals surface area (Å²) in [7, 11) is -1.81. The quantitative estimate of drug-likeness (QED) is 0.487. The van der Waals surface area contributed by atoms with E-state index in [9.17, 15) is 24.7 Å². The lowest BCUT2D eigenvalue weighted by atomic mass is 9.75. The van der Waals surface area contributed by atoms with Gasteiger partial charge in [0.25, 0.3) is 0 Å². The van der Waals surface area contributed by atoms with Crippen molar-refractivity contribution in [1.82, 2.24) is 5.32 Å². The summed E-state index contributed by atoms with van der Waals surface area (Å²) in [5.74, 6) is -3.10. The van der Waals surface area contributed by atoms with Gasteiger partial charge in [-0.1, -0.05) is 31.4 Å². The Balaban J connectivity index is 2.10. The summed E-state index contributed by atoms with van der Waals surface area (Å²) in [5, 5.41) is 40.7. The van der Waals surface area contributed by atoms with Crippen molar-refractivity contribution in [3.05, 3.63) is 29.3 Å². The van der Waals surface area contributed by atoms with Crippen LogP contribution in [0, 0.1) is 5.92 Å². The number of carbonyl (C=O) groups is 2. The molecule has 130 valence electrons. The summed E-state index contributed by atoms with van der Waals surface area (Å²) in [6, 6.07) is 4.21. The van der Waals surface area contributed by atoms with Gasteiger partial charge in [-0.2, -0.15) is 0 Å². The molecular formula is C16H22BNO6. The van der Waals surface area contributed by atoms with Gasteiger partial charge in [-0.05, 0) is 30.9 Å². The van der Waals surface area contributed by atoms with Gasteiger partial charge in [-0.25, -0.2) is 4.79 Å². The predicted octanol–water partition coefficient (Wildman–Crippen LogP) is 0.710. The molecule has 1 atom stereocenters. The minimum Gasteiger partial charge on any atom is -0.507 e. The molecule has 1 aliphatic carbocycles. The van der Waals surface area contributed by atoms with E-state index in [0.29, 0.717) is 0 Å². The lowest BCUT2D eigenvalue weighted by Gasteiger charge is -2.25. The van der Waals surface area contributed by atoms with Gasteiger partial charge in [0, 0.05) is 5.92 Å². The number of hydrogen-bond donors (Lipinski definition) is 5. The lowest BCUT2D eigenvalue weighted by Crippen LogP contribution is -2.49. The largest absolute Gasteiger partial charge is 0.507 e. The molecule has 8 heteroatoms. The zero-order chi connectivity index (χ0) is 17.7. The second kappa shape index (κ2) is 8.16. The summed E-state index contributed by atoms with van der Waals surface area (Å²) in [6.07, 6.45) is 4.53.